The maximum atomic E-state index is 12.3. The number of carbonyl (C=O) groups is 2. The van der Waals surface area contributed by atoms with E-state index in [0.717, 1.165) is 19.6 Å². The zero-order valence-corrected chi connectivity index (χ0v) is 18.5. The molecule has 3 rings (SSSR count). The van der Waals surface area contributed by atoms with Crippen LogP contribution in [0.3, 0.4) is 0 Å². The molecule has 0 aliphatic carbocycles. The van der Waals surface area contributed by atoms with Crippen molar-refractivity contribution < 1.29 is 28.5 Å². The fourth-order valence-electron chi connectivity index (χ4n) is 3.45. The quantitative estimate of drug-likeness (QED) is 0.565. The number of benzene rings is 2. The molecule has 0 bridgehead atoms. The van der Waals surface area contributed by atoms with Gasteiger partial charge in [0.1, 0.15) is 0 Å². The Morgan fingerprint density at radius 1 is 1.16 bits per heavy atom. The van der Waals surface area contributed by atoms with Gasteiger partial charge in [-0.2, -0.15) is 0 Å². The van der Waals surface area contributed by atoms with Crippen LogP contribution in [0.5, 0.6) is 11.5 Å². The van der Waals surface area contributed by atoms with Gasteiger partial charge in [-0.15, -0.1) is 0 Å². The molecular weight excluding hydrogens is 412 g/mol. The number of ether oxygens (including phenoxy) is 4. The molecule has 0 spiro atoms. The molecule has 1 unspecified atom stereocenters. The number of hydrogen-bond acceptors (Lipinski definition) is 7. The summed E-state index contributed by atoms with van der Waals surface area (Å²) in [7, 11) is 1.49. The highest BCUT2D eigenvalue weighted by Crippen LogP contribution is 2.28. The number of hydrogen-bond donors (Lipinski definition) is 1. The van der Waals surface area contributed by atoms with Gasteiger partial charge in [0.2, 0.25) is 0 Å². The minimum atomic E-state index is -0.607. The summed E-state index contributed by atoms with van der Waals surface area (Å²) in [4.78, 5) is 26.7. The molecule has 0 radical (unpaired) electrons. The van der Waals surface area contributed by atoms with Crippen molar-refractivity contribution in [2.75, 3.05) is 46.6 Å². The van der Waals surface area contributed by atoms with E-state index in [1.807, 2.05) is 25.1 Å². The van der Waals surface area contributed by atoms with Crippen molar-refractivity contribution in [3.63, 3.8) is 0 Å². The van der Waals surface area contributed by atoms with Crippen molar-refractivity contribution in [2.45, 2.75) is 19.6 Å². The molecule has 1 aliphatic heterocycles. The van der Waals surface area contributed by atoms with Gasteiger partial charge in [0.25, 0.3) is 5.91 Å². The van der Waals surface area contributed by atoms with Gasteiger partial charge in [-0.25, -0.2) is 4.79 Å². The molecule has 0 aromatic heterocycles. The Labute approximate surface area is 188 Å². The Morgan fingerprint density at radius 2 is 1.97 bits per heavy atom. The summed E-state index contributed by atoms with van der Waals surface area (Å²) in [5.41, 5.74) is 1.53. The second-order valence-corrected chi connectivity index (χ2v) is 7.39. The molecule has 1 saturated heterocycles. The van der Waals surface area contributed by atoms with Gasteiger partial charge in [0.15, 0.2) is 18.1 Å². The predicted molar refractivity (Wildman–Crippen MR) is 119 cm³/mol. The van der Waals surface area contributed by atoms with Gasteiger partial charge in [0.05, 0.1) is 32.0 Å². The lowest BCUT2D eigenvalue weighted by atomic mass is 10.2. The zero-order valence-electron chi connectivity index (χ0n) is 18.5. The summed E-state index contributed by atoms with van der Waals surface area (Å²) in [5, 5.41) is 2.78. The SMILES string of the molecule is CCOc1ccc(C(=O)OCC(=O)NCC2CN(Cc3ccccc3)CCO2)cc1OC. The Kier molecular flexibility index (Phi) is 8.89. The van der Waals surface area contributed by atoms with Crippen LogP contribution in [0, 0.1) is 0 Å². The summed E-state index contributed by atoms with van der Waals surface area (Å²) in [6.45, 7) is 5.37. The standard InChI is InChI=1S/C24H30N2O6/c1-3-30-21-10-9-19(13-22(21)29-2)24(28)32-17-23(27)25-14-20-16-26(11-12-31-20)15-18-7-5-4-6-8-18/h4-10,13,20H,3,11-12,14-17H2,1-2H3,(H,25,27). The number of carbonyl (C=O) groups excluding carboxylic acids is 2. The Bertz CT molecular complexity index is 889. The van der Waals surface area contributed by atoms with Gasteiger partial charge in [-0.3, -0.25) is 9.69 Å². The maximum absolute atomic E-state index is 12.3. The molecular formula is C24H30N2O6. The van der Waals surface area contributed by atoms with Crippen LogP contribution < -0.4 is 14.8 Å². The van der Waals surface area contributed by atoms with E-state index in [2.05, 4.69) is 22.3 Å². The molecule has 1 fully saturated rings. The van der Waals surface area contributed by atoms with Gasteiger partial charge in [0, 0.05) is 26.2 Å². The van der Waals surface area contributed by atoms with E-state index < -0.39 is 5.97 Å². The Hall–Kier alpha value is -3.10. The molecule has 1 N–H and O–H groups in total. The Balaban J connectivity index is 1.41. The first kappa shape index (κ1) is 23.6. The zero-order chi connectivity index (χ0) is 22.8. The van der Waals surface area contributed by atoms with Gasteiger partial charge < -0.3 is 24.3 Å². The summed E-state index contributed by atoms with van der Waals surface area (Å²) in [6, 6.07) is 15.0. The molecule has 32 heavy (non-hydrogen) atoms. The highest BCUT2D eigenvalue weighted by Gasteiger charge is 2.21. The minimum absolute atomic E-state index is 0.109. The first-order chi connectivity index (χ1) is 15.6. The molecule has 0 saturated carbocycles. The highest BCUT2D eigenvalue weighted by molar-refractivity contribution is 5.92. The number of morpholine rings is 1. The number of methoxy groups -OCH3 is 1. The van der Waals surface area contributed by atoms with Gasteiger partial charge in [-0.1, -0.05) is 30.3 Å². The van der Waals surface area contributed by atoms with Crippen LogP contribution >= 0.6 is 0 Å². The van der Waals surface area contributed by atoms with E-state index >= 15 is 0 Å². The number of esters is 1. The second kappa shape index (κ2) is 12.1. The first-order valence-electron chi connectivity index (χ1n) is 10.7. The third-order valence-corrected chi connectivity index (χ3v) is 5.03. The van der Waals surface area contributed by atoms with E-state index in [4.69, 9.17) is 18.9 Å². The third kappa shape index (κ3) is 6.96. The maximum Gasteiger partial charge on any atom is 0.338 e. The molecule has 2 aromatic carbocycles. The molecule has 172 valence electrons. The lowest BCUT2D eigenvalue weighted by molar-refractivity contribution is -0.125. The molecule has 8 nitrogen and oxygen atoms in total. The molecule has 1 atom stereocenters. The van der Waals surface area contributed by atoms with Crippen molar-refractivity contribution in [2.24, 2.45) is 0 Å². The fraction of sp³-hybridized carbons (Fsp3) is 0.417. The Morgan fingerprint density at radius 3 is 2.72 bits per heavy atom. The molecule has 2 aromatic rings. The third-order valence-electron chi connectivity index (χ3n) is 5.03. The van der Waals surface area contributed by atoms with Gasteiger partial charge >= 0.3 is 5.97 Å². The van der Waals surface area contributed by atoms with E-state index in [9.17, 15) is 9.59 Å². The van der Waals surface area contributed by atoms with E-state index in [1.54, 1.807) is 12.1 Å². The first-order valence-corrected chi connectivity index (χ1v) is 10.7. The smallest absolute Gasteiger partial charge is 0.338 e. The lowest BCUT2D eigenvalue weighted by Crippen LogP contribution is -2.47. The molecule has 8 heteroatoms. The summed E-state index contributed by atoms with van der Waals surface area (Å²) < 4.78 is 21.6. The number of nitrogens with zero attached hydrogens (tertiary/aromatic N) is 1. The summed E-state index contributed by atoms with van der Waals surface area (Å²) in [5.74, 6) is -0.0113. The van der Waals surface area contributed by atoms with Crippen LogP contribution in [-0.2, 0) is 20.8 Å². The highest BCUT2D eigenvalue weighted by atomic mass is 16.5. The van der Waals surface area contributed by atoms with Crippen molar-refractivity contribution in [1.82, 2.24) is 10.2 Å². The topological polar surface area (TPSA) is 86.3 Å². The van der Waals surface area contributed by atoms with Crippen LogP contribution in [0.4, 0.5) is 0 Å². The summed E-state index contributed by atoms with van der Waals surface area (Å²) >= 11 is 0. The normalized spacial score (nSPS) is 16.2. The average molecular weight is 443 g/mol. The summed E-state index contributed by atoms with van der Waals surface area (Å²) in [6.07, 6.45) is -0.109. The number of amides is 1. The molecule has 1 amide bonds. The van der Waals surface area contributed by atoms with Crippen molar-refractivity contribution in [1.29, 1.82) is 0 Å². The minimum Gasteiger partial charge on any atom is -0.493 e. The van der Waals surface area contributed by atoms with Crippen LogP contribution in [0.25, 0.3) is 0 Å². The van der Waals surface area contributed by atoms with Crippen LogP contribution in [-0.4, -0.2) is 69.4 Å². The van der Waals surface area contributed by atoms with E-state index in [0.29, 0.717) is 31.3 Å². The van der Waals surface area contributed by atoms with Crippen molar-refractivity contribution in [3.05, 3.63) is 59.7 Å². The average Bonchev–Trinajstić information content (AvgIpc) is 2.82. The van der Waals surface area contributed by atoms with E-state index in [-0.39, 0.29) is 24.2 Å². The molecule has 1 heterocycles. The van der Waals surface area contributed by atoms with Crippen molar-refractivity contribution in [3.8, 4) is 11.5 Å². The number of nitrogens with one attached hydrogen (secondary N) is 1. The predicted octanol–water partition coefficient (Wildman–Crippen LogP) is 2.27. The number of rotatable bonds is 10. The molecule has 1 aliphatic rings. The van der Waals surface area contributed by atoms with Gasteiger partial charge in [-0.05, 0) is 30.7 Å². The fourth-order valence-corrected chi connectivity index (χ4v) is 3.45. The second-order valence-electron chi connectivity index (χ2n) is 7.39. The van der Waals surface area contributed by atoms with Crippen LogP contribution in [0.1, 0.15) is 22.8 Å². The van der Waals surface area contributed by atoms with Crippen molar-refractivity contribution >= 4 is 11.9 Å². The monoisotopic (exact) mass is 442 g/mol. The van der Waals surface area contributed by atoms with Crippen LogP contribution in [0.2, 0.25) is 0 Å². The van der Waals surface area contributed by atoms with E-state index in [1.165, 1.54) is 18.7 Å². The van der Waals surface area contributed by atoms with Crippen LogP contribution in [0.15, 0.2) is 48.5 Å². The lowest BCUT2D eigenvalue weighted by Gasteiger charge is -2.33. The largest absolute Gasteiger partial charge is 0.493 e.